The maximum atomic E-state index is 4.28. The van der Waals surface area contributed by atoms with Crippen LogP contribution in [0.15, 0.2) is 0 Å². The second-order valence-electron chi connectivity index (χ2n) is 2.67. The lowest BCUT2D eigenvalue weighted by Crippen LogP contribution is -2.10. The molecule has 1 aromatic heterocycles. The quantitative estimate of drug-likeness (QED) is 0.631. The van der Waals surface area contributed by atoms with E-state index < -0.39 is 0 Å². The fourth-order valence-electron chi connectivity index (χ4n) is 0.741. The molecule has 0 saturated heterocycles. The molecule has 0 radical (unpaired) electrons. The molecular formula is C7H13N3. The van der Waals surface area contributed by atoms with Crippen molar-refractivity contribution in [2.45, 2.75) is 13.8 Å². The largest absolute Gasteiger partial charge is 0.349 e. The van der Waals surface area contributed by atoms with Crippen molar-refractivity contribution in [2.75, 3.05) is 19.0 Å². The van der Waals surface area contributed by atoms with Gasteiger partial charge in [0.1, 0.15) is 0 Å². The Kier molecular flexibility index (Phi) is 1.66. The molecule has 0 unspecified atom stereocenters. The number of nitrogens with zero attached hydrogens (tertiary/aromatic N) is 2. The molecule has 1 rings (SSSR count). The van der Waals surface area contributed by atoms with Gasteiger partial charge in [0.2, 0.25) is 5.95 Å². The Labute approximate surface area is 61.1 Å². The van der Waals surface area contributed by atoms with Crippen LogP contribution in [0.1, 0.15) is 11.4 Å². The van der Waals surface area contributed by atoms with Crippen molar-refractivity contribution in [2.24, 2.45) is 0 Å². The zero-order valence-electron chi connectivity index (χ0n) is 6.89. The number of imidazole rings is 1. The molecule has 56 valence electrons. The first kappa shape index (κ1) is 7.12. The molecule has 0 aliphatic rings. The smallest absolute Gasteiger partial charge is 0.202 e. The Morgan fingerprint density at radius 2 is 1.90 bits per heavy atom. The predicted octanol–water partition coefficient (Wildman–Crippen LogP) is 1.09. The van der Waals surface area contributed by atoms with Gasteiger partial charge in [0.15, 0.2) is 0 Å². The van der Waals surface area contributed by atoms with Gasteiger partial charge in [0.25, 0.3) is 0 Å². The molecule has 3 heteroatoms. The summed E-state index contributed by atoms with van der Waals surface area (Å²) < 4.78 is 0. The number of aromatic nitrogens is 2. The molecule has 1 aromatic rings. The normalized spacial score (nSPS) is 10.0. The third kappa shape index (κ3) is 1.12. The SMILES string of the molecule is Cc1nc(N(C)C)[nH]c1C. The summed E-state index contributed by atoms with van der Waals surface area (Å²) in [7, 11) is 3.94. The average Bonchev–Trinajstić information content (AvgIpc) is 2.13. The highest BCUT2D eigenvalue weighted by molar-refractivity contribution is 5.31. The summed E-state index contributed by atoms with van der Waals surface area (Å²) in [5.74, 6) is 0.926. The van der Waals surface area contributed by atoms with Crippen LogP contribution in [0, 0.1) is 13.8 Å². The van der Waals surface area contributed by atoms with Gasteiger partial charge in [-0.05, 0) is 13.8 Å². The number of aromatic amines is 1. The molecule has 0 amide bonds. The van der Waals surface area contributed by atoms with E-state index in [2.05, 4.69) is 9.97 Å². The van der Waals surface area contributed by atoms with Gasteiger partial charge in [0, 0.05) is 19.8 Å². The third-order valence-corrected chi connectivity index (χ3v) is 1.54. The van der Waals surface area contributed by atoms with Crippen LogP contribution in [-0.4, -0.2) is 24.1 Å². The molecule has 3 nitrogen and oxygen atoms in total. The second kappa shape index (κ2) is 2.33. The molecule has 0 aliphatic heterocycles. The number of rotatable bonds is 1. The van der Waals surface area contributed by atoms with E-state index in [9.17, 15) is 0 Å². The summed E-state index contributed by atoms with van der Waals surface area (Å²) in [4.78, 5) is 9.40. The number of H-pyrrole nitrogens is 1. The highest BCUT2D eigenvalue weighted by atomic mass is 15.2. The number of anilines is 1. The van der Waals surface area contributed by atoms with Crippen LogP contribution in [0.25, 0.3) is 0 Å². The molecular weight excluding hydrogens is 126 g/mol. The van der Waals surface area contributed by atoms with E-state index in [1.807, 2.05) is 32.8 Å². The first-order valence-electron chi connectivity index (χ1n) is 3.32. The van der Waals surface area contributed by atoms with E-state index in [1.165, 1.54) is 0 Å². The molecule has 1 heterocycles. The van der Waals surface area contributed by atoms with Crippen LogP contribution < -0.4 is 4.90 Å². The minimum absolute atomic E-state index is 0.926. The van der Waals surface area contributed by atoms with Crippen molar-refractivity contribution in [3.8, 4) is 0 Å². The van der Waals surface area contributed by atoms with Gasteiger partial charge < -0.3 is 9.88 Å². The standard InChI is InChI=1S/C7H13N3/c1-5-6(2)9-7(8-5)10(3)4/h1-4H3,(H,8,9). The Balaban J connectivity index is 2.98. The van der Waals surface area contributed by atoms with Crippen LogP contribution in [0.3, 0.4) is 0 Å². The molecule has 0 aromatic carbocycles. The van der Waals surface area contributed by atoms with Crippen molar-refractivity contribution < 1.29 is 0 Å². The zero-order valence-corrected chi connectivity index (χ0v) is 6.89. The van der Waals surface area contributed by atoms with Gasteiger partial charge in [0.05, 0.1) is 5.69 Å². The molecule has 0 bridgehead atoms. The molecule has 0 atom stereocenters. The first-order chi connectivity index (χ1) is 4.61. The summed E-state index contributed by atoms with van der Waals surface area (Å²) in [6.45, 7) is 4.02. The van der Waals surface area contributed by atoms with E-state index in [0.717, 1.165) is 17.3 Å². The minimum atomic E-state index is 0.926. The summed E-state index contributed by atoms with van der Waals surface area (Å²) in [6.07, 6.45) is 0. The van der Waals surface area contributed by atoms with Crippen molar-refractivity contribution in [3.63, 3.8) is 0 Å². The Hall–Kier alpha value is -0.990. The van der Waals surface area contributed by atoms with Gasteiger partial charge in [-0.2, -0.15) is 0 Å². The van der Waals surface area contributed by atoms with Crippen molar-refractivity contribution in [1.82, 2.24) is 9.97 Å². The summed E-state index contributed by atoms with van der Waals surface area (Å²) >= 11 is 0. The average molecular weight is 139 g/mol. The lowest BCUT2D eigenvalue weighted by Gasteiger charge is -2.05. The zero-order chi connectivity index (χ0) is 7.72. The van der Waals surface area contributed by atoms with Crippen LogP contribution in [-0.2, 0) is 0 Å². The van der Waals surface area contributed by atoms with Gasteiger partial charge >= 0.3 is 0 Å². The van der Waals surface area contributed by atoms with Gasteiger partial charge in [-0.15, -0.1) is 0 Å². The highest BCUT2D eigenvalue weighted by Crippen LogP contribution is 2.08. The number of hydrogen-bond acceptors (Lipinski definition) is 2. The van der Waals surface area contributed by atoms with E-state index in [-0.39, 0.29) is 0 Å². The van der Waals surface area contributed by atoms with E-state index >= 15 is 0 Å². The van der Waals surface area contributed by atoms with Crippen molar-refractivity contribution in [1.29, 1.82) is 0 Å². The van der Waals surface area contributed by atoms with Gasteiger partial charge in [-0.25, -0.2) is 4.98 Å². The molecule has 0 saturated carbocycles. The maximum absolute atomic E-state index is 4.28. The second-order valence-corrected chi connectivity index (χ2v) is 2.67. The highest BCUT2D eigenvalue weighted by Gasteiger charge is 2.01. The van der Waals surface area contributed by atoms with Crippen LogP contribution >= 0.6 is 0 Å². The number of aryl methyl sites for hydroxylation is 2. The fourth-order valence-corrected chi connectivity index (χ4v) is 0.741. The van der Waals surface area contributed by atoms with Gasteiger partial charge in [-0.3, -0.25) is 0 Å². The Morgan fingerprint density at radius 1 is 1.30 bits per heavy atom. The summed E-state index contributed by atoms with van der Waals surface area (Å²) in [5, 5.41) is 0. The van der Waals surface area contributed by atoms with Crippen LogP contribution in [0.2, 0.25) is 0 Å². The predicted molar refractivity (Wildman–Crippen MR) is 42.4 cm³/mol. The van der Waals surface area contributed by atoms with Crippen LogP contribution in [0.5, 0.6) is 0 Å². The molecule has 1 N–H and O–H groups in total. The van der Waals surface area contributed by atoms with E-state index in [4.69, 9.17) is 0 Å². The number of nitrogens with one attached hydrogen (secondary N) is 1. The van der Waals surface area contributed by atoms with Crippen LogP contribution in [0.4, 0.5) is 5.95 Å². The third-order valence-electron chi connectivity index (χ3n) is 1.54. The topological polar surface area (TPSA) is 31.9 Å². The molecule has 0 aliphatic carbocycles. The summed E-state index contributed by atoms with van der Waals surface area (Å²) in [6, 6.07) is 0. The Bertz CT molecular complexity index is 205. The first-order valence-corrected chi connectivity index (χ1v) is 3.32. The fraction of sp³-hybridized carbons (Fsp3) is 0.571. The van der Waals surface area contributed by atoms with E-state index in [1.54, 1.807) is 0 Å². The molecule has 10 heavy (non-hydrogen) atoms. The van der Waals surface area contributed by atoms with Crippen molar-refractivity contribution >= 4 is 5.95 Å². The maximum Gasteiger partial charge on any atom is 0.202 e. The lowest BCUT2D eigenvalue weighted by molar-refractivity contribution is 1.03. The van der Waals surface area contributed by atoms with E-state index in [0.29, 0.717) is 0 Å². The molecule has 0 spiro atoms. The number of hydrogen-bond donors (Lipinski definition) is 1. The van der Waals surface area contributed by atoms with Gasteiger partial charge in [-0.1, -0.05) is 0 Å². The van der Waals surface area contributed by atoms with Crippen molar-refractivity contribution in [3.05, 3.63) is 11.4 Å². The monoisotopic (exact) mass is 139 g/mol. The summed E-state index contributed by atoms with van der Waals surface area (Å²) in [5.41, 5.74) is 2.22. The minimum Gasteiger partial charge on any atom is -0.349 e. The lowest BCUT2D eigenvalue weighted by atomic mass is 10.4. The molecule has 0 fully saturated rings. The Morgan fingerprint density at radius 3 is 2.10 bits per heavy atom.